The Kier molecular flexibility index (Phi) is 2.49. The Morgan fingerprint density at radius 1 is 0.267 bits per heavy atom. The highest BCUT2D eigenvalue weighted by molar-refractivity contribution is 6.46. The predicted octanol–water partition coefficient (Wildman–Crippen LogP) is 8.63. The Morgan fingerprint density at radius 3 is 1.67 bits per heavy atom. The Labute approximate surface area is 172 Å². The molecule has 0 aliphatic rings. The van der Waals surface area contributed by atoms with Gasteiger partial charge in [0, 0.05) is 0 Å². The summed E-state index contributed by atoms with van der Waals surface area (Å²) >= 11 is 0. The van der Waals surface area contributed by atoms with Crippen molar-refractivity contribution in [3.8, 4) is 0 Å². The third-order valence-corrected chi connectivity index (χ3v) is 7.10. The minimum absolute atomic E-state index is 1.31. The standard InChI is InChI=1S/C30H16/c1-2-8-20-18(6-1)16-19-13-15-24-22-10-4-3-9-21(22)23-14-12-17-7-5-11-25-26(17)29(23)30(24)27(19)28(20)25/h1-16H. The van der Waals surface area contributed by atoms with E-state index in [0.29, 0.717) is 0 Å². The van der Waals surface area contributed by atoms with Gasteiger partial charge in [0.1, 0.15) is 0 Å². The highest BCUT2D eigenvalue weighted by Crippen LogP contribution is 2.49. The quantitative estimate of drug-likeness (QED) is 0.183. The van der Waals surface area contributed by atoms with Gasteiger partial charge in [-0.3, -0.25) is 0 Å². The van der Waals surface area contributed by atoms with Crippen molar-refractivity contribution in [3.05, 3.63) is 97.1 Å². The van der Waals surface area contributed by atoms with Gasteiger partial charge < -0.3 is 0 Å². The van der Waals surface area contributed by atoms with Crippen molar-refractivity contribution in [2.75, 3.05) is 0 Å². The molecule has 0 N–H and O–H groups in total. The summed E-state index contributed by atoms with van der Waals surface area (Å²) in [5.74, 6) is 0. The Balaban J connectivity index is 1.91. The van der Waals surface area contributed by atoms with Crippen molar-refractivity contribution in [1.29, 1.82) is 0 Å². The van der Waals surface area contributed by atoms with Crippen LogP contribution in [-0.2, 0) is 0 Å². The van der Waals surface area contributed by atoms with Crippen LogP contribution in [0.15, 0.2) is 97.1 Å². The van der Waals surface area contributed by atoms with E-state index in [1.165, 1.54) is 75.4 Å². The van der Waals surface area contributed by atoms with Gasteiger partial charge in [-0.25, -0.2) is 0 Å². The topological polar surface area (TPSA) is 0 Å². The van der Waals surface area contributed by atoms with Crippen molar-refractivity contribution >= 4 is 75.4 Å². The zero-order valence-corrected chi connectivity index (χ0v) is 16.2. The maximum Gasteiger partial charge on any atom is -0.000741 e. The van der Waals surface area contributed by atoms with Crippen molar-refractivity contribution in [3.63, 3.8) is 0 Å². The highest BCUT2D eigenvalue weighted by Gasteiger charge is 2.20. The molecule has 0 aliphatic carbocycles. The van der Waals surface area contributed by atoms with Crippen molar-refractivity contribution in [1.82, 2.24) is 0 Å². The largest absolute Gasteiger partial charge is 0.0616 e. The molecule has 0 saturated heterocycles. The molecular formula is C30H16. The first-order chi connectivity index (χ1) is 14.9. The van der Waals surface area contributed by atoms with E-state index in [1.807, 2.05) is 0 Å². The zero-order chi connectivity index (χ0) is 19.4. The van der Waals surface area contributed by atoms with Crippen LogP contribution in [0.4, 0.5) is 0 Å². The number of fused-ring (bicyclic) bond motifs is 6. The van der Waals surface area contributed by atoms with E-state index >= 15 is 0 Å². The summed E-state index contributed by atoms with van der Waals surface area (Å²) < 4.78 is 0. The minimum Gasteiger partial charge on any atom is -0.0616 e. The molecule has 0 amide bonds. The van der Waals surface area contributed by atoms with Crippen molar-refractivity contribution in [2.45, 2.75) is 0 Å². The lowest BCUT2D eigenvalue weighted by Crippen LogP contribution is -1.92. The number of rotatable bonds is 0. The van der Waals surface area contributed by atoms with Crippen LogP contribution >= 0.6 is 0 Å². The molecule has 0 nitrogen and oxygen atoms in total. The van der Waals surface area contributed by atoms with Gasteiger partial charge in [-0.05, 0) is 81.5 Å². The molecule has 136 valence electrons. The van der Waals surface area contributed by atoms with Crippen molar-refractivity contribution in [2.24, 2.45) is 0 Å². The lowest BCUT2D eigenvalue weighted by Gasteiger charge is -2.21. The summed E-state index contributed by atoms with van der Waals surface area (Å²) in [6, 6.07) is 36.2. The molecule has 8 aromatic rings. The Bertz CT molecular complexity index is 1940. The molecule has 0 saturated carbocycles. The van der Waals surface area contributed by atoms with E-state index in [1.54, 1.807) is 0 Å². The molecular weight excluding hydrogens is 360 g/mol. The molecule has 0 spiro atoms. The first-order valence-corrected chi connectivity index (χ1v) is 10.5. The highest BCUT2D eigenvalue weighted by atomic mass is 14.2. The van der Waals surface area contributed by atoms with Gasteiger partial charge >= 0.3 is 0 Å². The summed E-state index contributed by atoms with van der Waals surface area (Å²) in [5.41, 5.74) is 0. The summed E-state index contributed by atoms with van der Waals surface area (Å²) in [4.78, 5) is 0. The number of hydrogen-bond donors (Lipinski definition) is 0. The van der Waals surface area contributed by atoms with Crippen LogP contribution in [0.2, 0.25) is 0 Å². The second kappa shape index (κ2) is 4.98. The predicted molar refractivity (Wildman–Crippen MR) is 131 cm³/mol. The summed E-state index contributed by atoms with van der Waals surface area (Å²) in [6.07, 6.45) is 0. The lowest BCUT2D eigenvalue weighted by molar-refractivity contribution is 1.79. The summed E-state index contributed by atoms with van der Waals surface area (Å²) in [6.45, 7) is 0. The van der Waals surface area contributed by atoms with Gasteiger partial charge in [-0.15, -0.1) is 0 Å². The van der Waals surface area contributed by atoms with E-state index in [2.05, 4.69) is 97.1 Å². The molecule has 0 heterocycles. The van der Waals surface area contributed by atoms with E-state index in [9.17, 15) is 0 Å². The first kappa shape index (κ1) is 15.0. The van der Waals surface area contributed by atoms with Crippen LogP contribution < -0.4 is 0 Å². The number of benzene rings is 8. The Hall–Kier alpha value is -3.90. The molecule has 8 aromatic carbocycles. The van der Waals surface area contributed by atoms with E-state index in [4.69, 9.17) is 0 Å². The molecule has 0 aliphatic heterocycles. The molecule has 0 heteroatoms. The van der Waals surface area contributed by atoms with Crippen LogP contribution in [0, 0.1) is 0 Å². The zero-order valence-electron chi connectivity index (χ0n) is 16.2. The van der Waals surface area contributed by atoms with Gasteiger partial charge in [-0.1, -0.05) is 91.0 Å². The molecule has 0 bridgehead atoms. The smallest absolute Gasteiger partial charge is 0.000741 e. The third kappa shape index (κ3) is 1.58. The lowest BCUT2D eigenvalue weighted by atomic mass is 9.82. The van der Waals surface area contributed by atoms with Gasteiger partial charge in [0.25, 0.3) is 0 Å². The van der Waals surface area contributed by atoms with E-state index in [0.717, 1.165) is 0 Å². The van der Waals surface area contributed by atoms with Crippen molar-refractivity contribution < 1.29 is 0 Å². The van der Waals surface area contributed by atoms with Gasteiger partial charge in [-0.2, -0.15) is 0 Å². The molecule has 0 unspecified atom stereocenters. The van der Waals surface area contributed by atoms with Gasteiger partial charge in [0.2, 0.25) is 0 Å². The monoisotopic (exact) mass is 376 g/mol. The van der Waals surface area contributed by atoms with E-state index < -0.39 is 0 Å². The fraction of sp³-hybridized carbons (Fsp3) is 0. The van der Waals surface area contributed by atoms with Crippen LogP contribution in [0.5, 0.6) is 0 Å². The fourth-order valence-electron chi connectivity index (χ4n) is 5.95. The van der Waals surface area contributed by atoms with E-state index in [-0.39, 0.29) is 0 Å². The van der Waals surface area contributed by atoms with Gasteiger partial charge in [0.05, 0.1) is 0 Å². The molecule has 0 radical (unpaired) electrons. The average molecular weight is 376 g/mol. The van der Waals surface area contributed by atoms with Crippen LogP contribution in [0.25, 0.3) is 75.4 Å². The molecule has 0 aromatic heterocycles. The average Bonchev–Trinajstić information content (AvgIpc) is 2.81. The van der Waals surface area contributed by atoms with Crippen LogP contribution in [0.1, 0.15) is 0 Å². The first-order valence-electron chi connectivity index (χ1n) is 10.5. The van der Waals surface area contributed by atoms with Gasteiger partial charge in [0.15, 0.2) is 0 Å². The SMILES string of the molecule is c1ccc2c(c1)cc1ccc3c4ccccc4c4ccc5cccc6c5c4c3c1c26. The second-order valence-corrected chi connectivity index (χ2v) is 8.50. The molecule has 0 fully saturated rings. The summed E-state index contributed by atoms with van der Waals surface area (Å²) in [5, 5.41) is 19.2. The molecule has 8 rings (SSSR count). The third-order valence-electron chi connectivity index (χ3n) is 7.10. The summed E-state index contributed by atoms with van der Waals surface area (Å²) in [7, 11) is 0. The second-order valence-electron chi connectivity index (χ2n) is 8.50. The van der Waals surface area contributed by atoms with Crippen LogP contribution in [0.3, 0.4) is 0 Å². The fourth-order valence-corrected chi connectivity index (χ4v) is 5.95. The number of hydrogen-bond acceptors (Lipinski definition) is 0. The molecule has 0 atom stereocenters. The maximum absolute atomic E-state index is 2.36. The minimum atomic E-state index is 1.31. The molecule has 30 heavy (non-hydrogen) atoms. The van der Waals surface area contributed by atoms with Crippen LogP contribution in [-0.4, -0.2) is 0 Å². The Morgan fingerprint density at radius 2 is 0.867 bits per heavy atom. The normalized spacial score (nSPS) is 12.7. The maximum atomic E-state index is 2.36.